The van der Waals surface area contributed by atoms with Crippen LogP contribution < -0.4 is 9.64 Å². The molecule has 2 aliphatic rings. The first kappa shape index (κ1) is 16.4. The number of anilines is 1. The highest BCUT2D eigenvalue weighted by Gasteiger charge is 2.30. The van der Waals surface area contributed by atoms with Crippen LogP contribution in [0.5, 0.6) is 5.75 Å². The van der Waals surface area contributed by atoms with Crippen molar-refractivity contribution in [2.45, 2.75) is 13.3 Å². The number of morpholine rings is 1. The van der Waals surface area contributed by atoms with Gasteiger partial charge in [0.1, 0.15) is 12.3 Å². The number of carbonyl (C=O) groups is 3. The summed E-state index contributed by atoms with van der Waals surface area (Å²) in [6.45, 7) is 3.69. The zero-order valence-corrected chi connectivity index (χ0v) is 13.6. The molecule has 0 bridgehead atoms. The first-order valence-electron chi connectivity index (χ1n) is 8.06. The Balaban J connectivity index is 1.84. The molecular weight excluding hydrogens is 312 g/mol. The molecule has 0 radical (unpaired) electrons. The van der Waals surface area contributed by atoms with Crippen molar-refractivity contribution in [3.63, 3.8) is 0 Å². The van der Waals surface area contributed by atoms with Crippen LogP contribution in [0.15, 0.2) is 18.2 Å². The van der Waals surface area contributed by atoms with Crippen LogP contribution in [-0.4, -0.2) is 62.0 Å². The van der Waals surface area contributed by atoms with E-state index < -0.39 is 0 Å². The van der Waals surface area contributed by atoms with Gasteiger partial charge in [-0.1, -0.05) is 6.92 Å². The Kier molecular flexibility index (Phi) is 4.80. The molecule has 0 spiro atoms. The lowest BCUT2D eigenvalue weighted by molar-refractivity contribution is -0.135. The molecule has 0 aliphatic carbocycles. The van der Waals surface area contributed by atoms with Crippen molar-refractivity contribution < 1.29 is 23.9 Å². The van der Waals surface area contributed by atoms with Crippen LogP contribution >= 0.6 is 0 Å². The third-order valence-electron chi connectivity index (χ3n) is 4.20. The fourth-order valence-corrected chi connectivity index (χ4v) is 2.80. The molecule has 0 unspecified atom stereocenters. The summed E-state index contributed by atoms with van der Waals surface area (Å²) in [5.74, 6) is 0.0734. The summed E-state index contributed by atoms with van der Waals surface area (Å²) >= 11 is 0. The van der Waals surface area contributed by atoms with Gasteiger partial charge in [0.25, 0.3) is 5.91 Å². The molecule has 7 nitrogen and oxygen atoms in total. The van der Waals surface area contributed by atoms with Crippen molar-refractivity contribution in [1.29, 1.82) is 0 Å². The minimum atomic E-state index is -0.287. The molecule has 0 N–H and O–H groups in total. The van der Waals surface area contributed by atoms with Crippen molar-refractivity contribution in [1.82, 2.24) is 4.90 Å². The standard InChI is InChI=1S/C17H20N2O5/c1-2-14(20)12-3-4-15-13(9-12)19(17(22)11-24-15)10-16(21)18-5-7-23-8-6-18/h3-4,9H,2,5-8,10-11H2,1H3. The van der Waals surface area contributed by atoms with Gasteiger partial charge >= 0.3 is 0 Å². The normalized spacial score (nSPS) is 17.3. The molecule has 2 amide bonds. The predicted octanol–water partition coefficient (Wildman–Crippen LogP) is 0.863. The Morgan fingerprint density at radius 2 is 1.96 bits per heavy atom. The number of ether oxygens (including phenoxy) is 2. The van der Waals surface area contributed by atoms with Gasteiger partial charge in [0.2, 0.25) is 5.91 Å². The number of Topliss-reactive ketones (excluding diaryl/α,β-unsaturated/α-hetero) is 1. The maximum absolute atomic E-state index is 12.5. The molecular formula is C17H20N2O5. The van der Waals surface area contributed by atoms with E-state index in [1.165, 1.54) is 4.90 Å². The van der Waals surface area contributed by atoms with E-state index >= 15 is 0 Å². The van der Waals surface area contributed by atoms with E-state index in [9.17, 15) is 14.4 Å². The van der Waals surface area contributed by atoms with Gasteiger partial charge in [0.05, 0.1) is 18.9 Å². The number of benzene rings is 1. The summed E-state index contributed by atoms with van der Waals surface area (Å²) in [7, 11) is 0. The van der Waals surface area contributed by atoms with E-state index in [-0.39, 0.29) is 30.7 Å². The highest BCUT2D eigenvalue weighted by molar-refractivity contribution is 6.04. The summed E-state index contributed by atoms with van der Waals surface area (Å²) in [6, 6.07) is 4.99. The zero-order chi connectivity index (χ0) is 17.1. The Bertz CT molecular complexity index is 667. The summed E-state index contributed by atoms with van der Waals surface area (Å²) in [4.78, 5) is 39.7. The van der Waals surface area contributed by atoms with Crippen LogP contribution in [0.2, 0.25) is 0 Å². The summed E-state index contributed by atoms with van der Waals surface area (Å²) in [5, 5.41) is 0. The lowest BCUT2D eigenvalue weighted by Gasteiger charge is -2.32. The molecule has 3 rings (SSSR count). The Morgan fingerprint density at radius 1 is 1.21 bits per heavy atom. The second-order valence-corrected chi connectivity index (χ2v) is 5.72. The third kappa shape index (κ3) is 3.26. The van der Waals surface area contributed by atoms with Gasteiger partial charge in [-0.15, -0.1) is 0 Å². The van der Waals surface area contributed by atoms with Gasteiger partial charge in [-0.05, 0) is 18.2 Å². The average molecular weight is 332 g/mol. The number of nitrogens with zero attached hydrogens (tertiary/aromatic N) is 2. The van der Waals surface area contributed by atoms with Gasteiger partial charge in [0.15, 0.2) is 12.4 Å². The molecule has 0 atom stereocenters. The fraction of sp³-hybridized carbons (Fsp3) is 0.471. The number of rotatable bonds is 4. The van der Waals surface area contributed by atoms with E-state index in [0.717, 1.165) is 0 Å². The van der Waals surface area contributed by atoms with Gasteiger partial charge in [0, 0.05) is 25.1 Å². The molecule has 1 fully saturated rings. The topological polar surface area (TPSA) is 76.2 Å². The van der Waals surface area contributed by atoms with E-state index in [1.54, 1.807) is 30.0 Å². The maximum atomic E-state index is 12.5. The molecule has 1 aromatic rings. The molecule has 1 saturated heterocycles. The second-order valence-electron chi connectivity index (χ2n) is 5.72. The molecule has 1 aromatic carbocycles. The molecule has 2 aliphatic heterocycles. The Labute approximate surface area is 140 Å². The van der Waals surface area contributed by atoms with E-state index in [0.29, 0.717) is 49.7 Å². The summed E-state index contributed by atoms with van der Waals surface area (Å²) in [5.41, 5.74) is 0.991. The quantitative estimate of drug-likeness (QED) is 0.765. The maximum Gasteiger partial charge on any atom is 0.265 e. The number of carbonyl (C=O) groups excluding carboxylic acids is 3. The number of hydrogen-bond donors (Lipinski definition) is 0. The Hall–Kier alpha value is -2.41. The van der Waals surface area contributed by atoms with Gasteiger partial charge < -0.3 is 14.4 Å². The fourth-order valence-electron chi connectivity index (χ4n) is 2.80. The lowest BCUT2D eigenvalue weighted by Crippen LogP contribution is -2.49. The first-order chi connectivity index (χ1) is 11.6. The van der Waals surface area contributed by atoms with Gasteiger partial charge in [-0.3, -0.25) is 19.3 Å². The monoisotopic (exact) mass is 332 g/mol. The third-order valence-corrected chi connectivity index (χ3v) is 4.20. The highest BCUT2D eigenvalue weighted by atomic mass is 16.5. The Morgan fingerprint density at radius 3 is 2.67 bits per heavy atom. The van der Waals surface area contributed by atoms with Crippen LogP contribution in [0.3, 0.4) is 0 Å². The van der Waals surface area contributed by atoms with E-state index in [2.05, 4.69) is 0 Å². The first-order valence-corrected chi connectivity index (χ1v) is 8.06. The molecule has 7 heteroatoms. The van der Waals surface area contributed by atoms with Crippen molar-refractivity contribution in [3.8, 4) is 5.75 Å². The number of amides is 2. The predicted molar refractivity (Wildman–Crippen MR) is 86.3 cm³/mol. The lowest BCUT2D eigenvalue weighted by atomic mass is 10.1. The van der Waals surface area contributed by atoms with Crippen molar-refractivity contribution in [2.75, 3.05) is 44.4 Å². The van der Waals surface area contributed by atoms with Crippen molar-refractivity contribution >= 4 is 23.3 Å². The summed E-state index contributed by atoms with van der Waals surface area (Å²) < 4.78 is 10.7. The van der Waals surface area contributed by atoms with E-state index in [1.807, 2.05) is 0 Å². The summed E-state index contributed by atoms with van der Waals surface area (Å²) in [6.07, 6.45) is 0.375. The molecule has 2 heterocycles. The number of hydrogen-bond acceptors (Lipinski definition) is 5. The van der Waals surface area contributed by atoms with E-state index in [4.69, 9.17) is 9.47 Å². The average Bonchev–Trinajstić information content (AvgIpc) is 2.63. The van der Waals surface area contributed by atoms with Crippen LogP contribution in [-0.2, 0) is 14.3 Å². The SMILES string of the molecule is CCC(=O)c1ccc2c(c1)N(CC(=O)N1CCOCC1)C(=O)CO2. The number of ketones is 1. The van der Waals surface area contributed by atoms with Gasteiger partial charge in [-0.25, -0.2) is 0 Å². The van der Waals surface area contributed by atoms with Gasteiger partial charge in [-0.2, -0.15) is 0 Å². The second kappa shape index (κ2) is 7.00. The largest absolute Gasteiger partial charge is 0.482 e. The molecule has 24 heavy (non-hydrogen) atoms. The van der Waals surface area contributed by atoms with Crippen LogP contribution in [0, 0.1) is 0 Å². The molecule has 128 valence electrons. The van der Waals surface area contributed by atoms with Crippen molar-refractivity contribution in [3.05, 3.63) is 23.8 Å². The molecule has 0 aromatic heterocycles. The number of fused-ring (bicyclic) bond motifs is 1. The minimum Gasteiger partial charge on any atom is -0.482 e. The zero-order valence-electron chi connectivity index (χ0n) is 13.6. The molecule has 0 saturated carbocycles. The minimum absolute atomic E-state index is 0.0183. The van der Waals surface area contributed by atoms with Crippen LogP contribution in [0.25, 0.3) is 0 Å². The van der Waals surface area contributed by atoms with Crippen LogP contribution in [0.4, 0.5) is 5.69 Å². The smallest absolute Gasteiger partial charge is 0.265 e. The highest BCUT2D eigenvalue weighted by Crippen LogP contribution is 2.33. The van der Waals surface area contributed by atoms with Crippen LogP contribution in [0.1, 0.15) is 23.7 Å². The van der Waals surface area contributed by atoms with Crippen molar-refractivity contribution in [2.24, 2.45) is 0 Å².